The average Bonchev–Trinajstić information content (AvgIpc) is 3.16. The third-order valence-corrected chi connectivity index (χ3v) is 7.91. The highest BCUT2D eigenvalue weighted by atomic mass is 32.2. The predicted molar refractivity (Wildman–Crippen MR) is 134 cm³/mol. The minimum Gasteiger partial charge on any atom is -0.504 e. The number of sulfone groups is 1. The van der Waals surface area contributed by atoms with Gasteiger partial charge in [-0.1, -0.05) is 65.0 Å². The maximum absolute atomic E-state index is 13.8. The summed E-state index contributed by atoms with van der Waals surface area (Å²) < 4.78 is 27.6. The van der Waals surface area contributed by atoms with Crippen LogP contribution in [0.3, 0.4) is 0 Å². The molecule has 4 aromatic rings. The Labute approximate surface area is 201 Å². The van der Waals surface area contributed by atoms with E-state index in [-0.39, 0.29) is 32.1 Å². The lowest BCUT2D eigenvalue weighted by Gasteiger charge is -2.33. The Kier molecular flexibility index (Phi) is 5.80. The summed E-state index contributed by atoms with van der Waals surface area (Å²) in [5, 5.41) is 20.3. The first-order chi connectivity index (χ1) is 15.8. The summed E-state index contributed by atoms with van der Waals surface area (Å²) >= 11 is 0. The molecule has 1 aromatic heterocycles. The molecule has 0 amide bonds. The summed E-state index contributed by atoms with van der Waals surface area (Å²) in [5.41, 5.74) is 2.60. The first-order valence-electron chi connectivity index (χ1n) is 11.3. The van der Waals surface area contributed by atoms with Crippen LogP contribution in [0, 0.1) is 12.3 Å². The second-order valence-electron chi connectivity index (χ2n) is 10.7. The van der Waals surface area contributed by atoms with Crippen molar-refractivity contribution in [1.29, 1.82) is 0 Å². The molecule has 0 fully saturated rings. The molecule has 7 heteroatoms. The fourth-order valence-electron chi connectivity index (χ4n) is 4.71. The highest BCUT2D eigenvalue weighted by molar-refractivity contribution is 7.91. The van der Waals surface area contributed by atoms with Crippen molar-refractivity contribution in [3.63, 3.8) is 0 Å². The van der Waals surface area contributed by atoms with Crippen LogP contribution in [0.2, 0.25) is 0 Å². The van der Waals surface area contributed by atoms with Gasteiger partial charge in [0.25, 0.3) is 0 Å². The Hall–Kier alpha value is -3.19. The standard InChI is InChI=1S/C27H31N3O3S/c1-18-11-7-10-14-23(18)34(32,33)24-16-19(27(5,6)17-26(2,3)4)15-22(25(24)31)30-28-20-12-8-9-13-21(20)29-30/h7-16,31H,17H2,1-6H3. The minimum atomic E-state index is -4.01. The fourth-order valence-corrected chi connectivity index (χ4v) is 6.34. The first-order valence-corrected chi connectivity index (χ1v) is 12.8. The molecule has 0 radical (unpaired) electrons. The molecule has 1 heterocycles. The van der Waals surface area contributed by atoms with Crippen LogP contribution in [-0.2, 0) is 15.3 Å². The number of aromatic hydroxyl groups is 1. The van der Waals surface area contributed by atoms with Crippen LogP contribution in [0.1, 0.15) is 52.2 Å². The molecular weight excluding hydrogens is 446 g/mol. The van der Waals surface area contributed by atoms with Gasteiger partial charge >= 0.3 is 0 Å². The van der Waals surface area contributed by atoms with Crippen molar-refractivity contribution in [1.82, 2.24) is 15.0 Å². The van der Waals surface area contributed by atoms with E-state index in [4.69, 9.17) is 0 Å². The van der Waals surface area contributed by atoms with Crippen molar-refractivity contribution < 1.29 is 13.5 Å². The molecule has 4 rings (SSSR count). The molecule has 1 N–H and O–H groups in total. The van der Waals surface area contributed by atoms with E-state index in [1.54, 1.807) is 43.3 Å². The molecule has 0 unspecified atom stereocenters. The number of hydrogen-bond acceptors (Lipinski definition) is 5. The zero-order chi connectivity index (χ0) is 24.9. The quantitative estimate of drug-likeness (QED) is 0.382. The highest BCUT2D eigenvalue weighted by Gasteiger charge is 2.33. The van der Waals surface area contributed by atoms with E-state index in [9.17, 15) is 13.5 Å². The molecule has 0 bridgehead atoms. The Morgan fingerprint density at radius 1 is 0.853 bits per heavy atom. The Balaban J connectivity index is 2.01. The van der Waals surface area contributed by atoms with Crippen molar-refractivity contribution in [3.8, 4) is 11.4 Å². The van der Waals surface area contributed by atoms with Crippen LogP contribution in [0.5, 0.6) is 5.75 Å². The molecule has 0 atom stereocenters. The lowest BCUT2D eigenvalue weighted by Crippen LogP contribution is -2.25. The van der Waals surface area contributed by atoms with Gasteiger partial charge in [0.2, 0.25) is 9.84 Å². The Morgan fingerprint density at radius 3 is 1.97 bits per heavy atom. The molecule has 0 saturated heterocycles. The molecule has 0 saturated carbocycles. The van der Waals surface area contributed by atoms with E-state index in [1.165, 1.54) is 4.80 Å². The third kappa shape index (κ3) is 4.44. The summed E-state index contributed by atoms with van der Waals surface area (Å²) in [7, 11) is -4.01. The number of fused-ring (bicyclic) bond motifs is 1. The molecule has 0 aliphatic rings. The van der Waals surface area contributed by atoms with Crippen LogP contribution in [0.15, 0.2) is 70.5 Å². The maximum Gasteiger partial charge on any atom is 0.210 e. The minimum absolute atomic E-state index is 0.00916. The molecule has 3 aromatic carbocycles. The van der Waals surface area contributed by atoms with Gasteiger partial charge in [-0.15, -0.1) is 15.0 Å². The monoisotopic (exact) mass is 477 g/mol. The van der Waals surface area contributed by atoms with E-state index in [2.05, 4.69) is 44.8 Å². The van der Waals surface area contributed by atoms with Crippen molar-refractivity contribution in [3.05, 3.63) is 71.8 Å². The zero-order valence-corrected chi connectivity index (χ0v) is 21.3. The van der Waals surface area contributed by atoms with Crippen molar-refractivity contribution in [2.45, 2.75) is 63.2 Å². The summed E-state index contributed by atoms with van der Waals surface area (Å²) in [6.45, 7) is 12.4. The van der Waals surface area contributed by atoms with Crippen molar-refractivity contribution in [2.75, 3.05) is 0 Å². The number of hydrogen-bond donors (Lipinski definition) is 1. The second-order valence-corrected chi connectivity index (χ2v) is 12.6. The number of phenols is 1. The van der Waals surface area contributed by atoms with Gasteiger partial charge in [-0.2, -0.15) is 0 Å². The fraction of sp³-hybridized carbons (Fsp3) is 0.333. The molecule has 34 heavy (non-hydrogen) atoms. The summed E-state index contributed by atoms with van der Waals surface area (Å²) in [5.74, 6) is -0.362. The maximum atomic E-state index is 13.8. The van der Waals surface area contributed by atoms with Crippen LogP contribution in [0.4, 0.5) is 0 Å². The second kappa shape index (κ2) is 8.24. The summed E-state index contributed by atoms with van der Waals surface area (Å²) in [4.78, 5) is 1.35. The van der Waals surface area contributed by atoms with E-state index >= 15 is 0 Å². The number of nitrogens with zero attached hydrogens (tertiary/aromatic N) is 3. The smallest absolute Gasteiger partial charge is 0.210 e. The Morgan fingerprint density at radius 2 is 1.41 bits per heavy atom. The number of rotatable bonds is 5. The SMILES string of the molecule is Cc1ccccc1S(=O)(=O)c1cc(C(C)(C)CC(C)(C)C)cc(-n2nc3ccccc3n2)c1O. The van der Waals surface area contributed by atoms with Crippen molar-refractivity contribution in [2.24, 2.45) is 5.41 Å². The zero-order valence-electron chi connectivity index (χ0n) is 20.5. The number of aryl methyl sites for hydroxylation is 1. The van der Waals surface area contributed by atoms with Gasteiger partial charge in [0, 0.05) is 0 Å². The average molecular weight is 478 g/mol. The Bertz CT molecular complexity index is 1450. The number of phenolic OH excluding ortho intramolecular Hbond substituents is 1. The van der Waals surface area contributed by atoms with E-state index in [0.29, 0.717) is 16.6 Å². The molecule has 0 aliphatic carbocycles. The summed E-state index contributed by atoms with van der Waals surface area (Å²) in [6.07, 6.45) is 0.808. The van der Waals surface area contributed by atoms with E-state index in [1.807, 2.05) is 24.3 Å². The van der Waals surface area contributed by atoms with Gasteiger partial charge in [0.1, 0.15) is 21.6 Å². The lowest BCUT2D eigenvalue weighted by atomic mass is 9.72. The molecule has 0 spiro atoms. The van der Waals surface area contributed by atoms with Crippen LogP contribution in [0.25, 0.3) is 16.7 Å². The largest absolute Gasteiger partial charge is 0.504 e. The van der Waals surface area contributed by atoms with Gasteiger partial charge in [0.15, 0.2) is 5.75 Å². The van der Waals surface area contributed by atoms with Crippen LogP contribution >= 0.6 is 0 Å². The first kappa shape index (κ1) is 24.0. The highest BCUT2D eigenvalue weighted by Crippen LogP contribution is 2.42. The van der Waals surface area contributed by atoms with Gasteiger partial charge in [-0.05, 0) is 65.6 Å². The summed E-state index contributed by atoms with van der Waals surface area (Å²) in [6, 6.07) is 17.6. The number of aromatic nitrogens is 3. The molecular formula is C27H31N3O3S. The van der Waals surface area contributed by atoms with Gasteiger partial charge in [0.05, 0.1) is 4.90 Å². The van der Waals surface area contributed by atoms with E-state index < -0.39 is 9.84 Å². The topological polar surface area (TPSA) is 85.1 Å². The van der Waals surface area contributed by atoms with Crippen molar-refractivity contribution >= 4 is 20.9 Å². The molecule has 0 aliphatic heterocycles. The van der Waals surface area contributed by atoms with Gasteiger partial charge < -0.3 is 5.11 Å². The predicted octanol–water partition coefficient (Wildman–Crippen LogP) is 5.98. The third-order valence-electron chi connectivity index (χ3n) is 5.98. The normalized spacial score (nSPS) is 12.9. The lowest BCUT2D eigenvalue weighted by molar-refractivity contribution is 0.283. The van der Waals surface area contributed by atoms with Gasteiger partial charge in [-0.25, -0.2) is 8.42 Å². The van der Waals surface area contributed by atoms with E-state index in [0.717, 1.165) is 12.0 Å². The number of benzene rings is 3. The van der Waals surface area contributed by atoms with Gasteiger partial charge in [-0.3, -0.25) is 0 Å². The molecule has 178 valence electrons. The van der Waals surface area contributed by atoms with Crippen LogP contribution < -0.4 is 0 Å². The molecule has 6 nitrogen and oxygen atoms in total. The van der Waals surface area contributed by atoms with Crippen LogP contribution in [-0.4, -0.2) is 28.5 Å².